The summed E-state index contributed by atoms with van der Waals surface area (Å²) in [6.07, 6.45) is 9.41. The van der Waals surface area contributed by atoms with Gasteiger partial charge in [0, 0.05) is 61.1 Å². The number of rotatable bonds is 7. The van der Waals surface area contributed by atoms with Crippen molar-refractivity contribution >= 4 is 60.5 Å². The molecule has 13 aromatic carbocycles. The molecule has 3 aliphatic carbocycles. The predicted molar refractivity (Wildman–Crippen MR) is 354 cm³/mol. The number of furan rings is 1. The predicted octanol–water partition coefficient (Wildman–Crippen LogP) is 21.5. The van der Waals surface area contributed by atoms with Crippen molar-refractivity contribution in [3.8, 4) is 44.9 Å². The highest BCUT2D eigenvalue weighted by atomic mass is 16.5. The van der Waals surface area contributed by atoms with E-state index in [2.05, 4.69) is 309 Å². The Morgan fingerprint density at radius 2 is 0.919 bits per heavy atom. The molecule has 14 aromatic rings. The van der Waals surface area contributed by atoms with Gasteiger partial charge >= 0.3 is 0 Å². The molecule has 0 amide bonds. The molecule has 18 rings (SSSR count). The van der Waals surface area contributed by atoms with Crippen LogP contribution >= 0.6 is 0 Å². The fraction of sp³-hybridized carbons (Fsp3) is 0.0602. The lowest BCUT2D eigenvalue weighted by Gasteiger charge is -2.42. The number of ether oxygens (including phenoxy) is 1. The van der Waals surface area contributed by atoms with Crippen molar-refractivity contribution in [1.82, 2.24) is 0 Å². The highest BCUT2D eigenvalue weighted by Crippen LogP contribution is 2.66. The van der Waals surface area contributed by atoms with E-state index < -0.39 is 10.8 Å². The average Bonchev–Trinajstić information content (AvgIpc) is 1.47. The fourth-order valence-electron chi connectivity index (χ4n) is 16.0. The van der Waals surface area contributed by atoms with Crippen LogP contribution in [0.15, 0.2) is 314 Å². The molecule has 0 radical (unpaired) electrons. The van der Waals surface area contributed by atoms with Crippen LogP contribution in [-0.2, 0) is 16.2 Å². The summed E-state index contributed by atoms with van der Waals surface area (Å²) in [5.74, 6) is 1.95. The zero-order valence-electron chi connectivity index (χ0n) is 47.3. The molecule has 0 saturated heterocycles. The number of nitrogens with zero attached hydrogens (tertiary/aromatic N) is 1. The average molecular weight is 1100 g/mol. The van der Waals surface area contributed by atoms with Gasteiger partial charge in [0.2, 0.25) is 0 Å². The first kappa shape index (κ1) is 48.8. The van der Waals surface area contributed by atoms with Crippen LogP contribution in [0.4, 0.5) is 17.1 Å². The molecule has 86 heavy (non-hydrogen) atoms. The van der Waals surface area contributed by atoms with Crippen LogP contribution in [0.2, 0.25) is 0 Å². The number of anilines is 3. The van der Waals surface area contributed by atoms with Crippen LogP contribution < -0.4 is 9.64 Å². The van der Waals surface area contributed by atoms with Crippen LogP contribution in [0.5, 0.6) is 11.5 Å². The van der Waals surface area contributed by atoms with Gasteiger partial charge in [-0.1, -0.05) is 256 Å². The topological polar surface area (TPSA) is 25.6 Å². The highest BCUT2D eigenvalue weighted by Gasteiger charge is 2.58. The second-order valence-corrected chi connectivity index (χ2v) is 24.0. The molecular formula is C83H55NO2. The molecule has 1 aromatic heterocycles. The third-order valence-corrected chi connectivity index (χ3v) is 19.8. The Balaban J connectivity index is 0.842. The van der Waals surface area contributed by atoms with Crippen molar-refractivity contribution in [3.05, 3.63) is 354 Å². The first-order chi connectivity index (χ1) is 42.5. The first-order valence-electron chi connectivity index (χ1n) is 30.0. The minimum atomic E-state index is -0.674. The molecule has 1 spiro atoms. The summed E-state index contributed by atoms with van der Waals surface area (Å²) in [7, 11) is 0. The Labute approximate surface area is 499 Å². The molecule has 0 N–H and O–H groups in total. The first-order valence-corrected chi connectivity index (χ1v) is 30.0. The van der Waals surface area contributed by atoms with Gasteiger partial charge in [0.15, 0.2) is 0 Å². The number of hydrogen-bond donors (Lipinski definition) is 0. The maximum atomic E-state index is 7.33. The molecular weight excluding hydrogens is 1040 g/mol. The van der Waals surface area contributed by atoms with E-state index in [1.54, 1.807) is 0 Å². The van der Waals surface area contributed by atoms with Crippen molar-refractivity contribution in [3.63, 3.8) is 0 Å². The second-order valence-electron chi connectivity index (χ2n) is 24.0. The molecule has 2 unspecified atom stereocenters. The molecule has 4 aliphatic rings. The van der Waals surface area contributed by atoms with Crippen LogP contribution in [0.3, 0.4) is 0 Å². The number of benzene rings is 13. The maximum Gasteiger partial charge on any atom is 0.140 e. The van der Waals surface area contributed by atoms with E-state index in [1.807, 2.05) is 12.1 Å². The van der Waals surface area contributed by atoms with Crippen LogP contribution in [0.25, 0.3) is 76.9 Å². The van der Waals surface area contributed by atoms with Gasteiger partial charge in [0.25, 0.3) is 0 Å². The SMILES string of the molecule is CC12C=CC=CC1C(c1ccccc1)(c1ccccc1)c1cc(N(c3ccc(-c4ccc5oc6ccccc6c5c4)cc3)c3cccc(-c4ccc5c(c4)C4(c6ccccc6-5)c5ccc6ccccc6c5Oc5c4ccc4ccccc54)c3)ccc12. The third kappa shape index (κ3) is 6.74. The molecule has 3 nitrogen and oxygen atoms in total. The second kappa shape index (κ2) is 18.4. The van der Waals surface area contributed by atoms with Gasteiger partial charge in [-0.05, 0) is 138 Å². The minimum absolute atomic E-state index is 0.122. The zero-order chi connectivity index (χ0) is 56.7. The summed E-state index contributed by atoms with van der Waals surface area (Å²) in [5.41, 5.74) is 20.6. The molecule has 404 valence electrons. The van der Waals surface area contributed by atoms with Crippen molar-refractivity contribution in [1.29, 1.82) is 0 Å². The summed E-state index contributed by atoms with van der Waals surface area (Å²) in [4.78, 5) is 2.48. The van der Waals surface area contributed by atoms with Gasteiger partial charge < -0.3 is 14.1 Å². The van der Waals surface area contributed by atoms with E-state index in [9.17, 15) is 0 Å². The summed E-state index contributed by atoms with van der Waals surface area (Å²) in [6.45, 7) is 2.44. The Kier molecular flexibility index (Phi) is 10.4. The molecule has 1 aliphatic heterocycles. The van der Waals surface area contributed by atoms with E-state index in [4.69, 9.17) is 9.15 Å². The maximum absolute atomic E-state index is 7.33. The Hall–Kier alpha value is -10.7. The van der Waals surface area contributed by atoms with Gasteiger partial charge in [-0.3, -0.25) is 0 Å². The molecule has 0 bridgehead atoms. The van der Waals surface area contributed by atoms with E-state index in [1.165, 1.54) is 44.5 Å². The summed E-state index contributed by atoms with van der Waals surface area (Å²) < 4.78 is 13.6. The number of para-hydroxylation sites is 1. The Bertz CT molecular complexity index is 5060. The summed E-state index contributed by atoms with van der Waals surface area (Å²) in [6, 6.07) is 106. The summed E-state index contributed by atoms with van der Waals surface area (Å²) in [5, 5.41) is 6.76. The van der Waals surface area contributed by atoms with E-state index >= 15 is 0 Å². The monoisotopic (exact) mass is 1100 g/mol. The molecule has 2 heterocycles. The smallest absolute Gasteiger partial charge is 0.140 e. The lowest BCUT2D eigenvalue weighted by molar-refractivity contribution is 0.366. The van der Waals surface area contributed by atoms with Crippen molar-refractivity contribution in [2.45, 2.75) is 23.2 Å². The van der Waals surface area contributed by atoms with Gasteiger partial charge in [0.1, 0.15) is 22.7 Å². The van der Waals surface area contributed by atoms with E-state index in [0.29, 0.717) is 0 Å². The van der Waals surface area contributed by atoms with Gasteiger partial charge in [0.05, 0.1) is 10.8 Å². The van der Waals surface area contributed by atoms with Crippen molar-refractivity contribution in [2.75, 3.05) is 4.90 Å². The Morgan fingerprint density at radius 1 is 0.349 bits per heavy atom. The molecule has 3 heteroatoms. The molecule has 0 saturated carbocycles. The quantitative estimate of drug-likeness (QED) is 0.159. The normalized spacial score (nSPS) is 17.0. The molecule has 2 atom stereocenters. The van der Waals surface area contributed by atoms with Gasteiger partial charge in [-0.25, -0.2) is 0 Å². The van der Waals surface area contributed by atoms with Gasteiger partial charge in [-0.15, -0.1) is 0 Å². The molecule has 0 fully saturated rings. The third-order valence-electron chi connectivity index (χ3n) is 19.8. The zero-order valence-corrected chi connectivity index (χ0v) is 47.3. The minimum Gasteiger partial charge on any atom is -0.456 e. The highest BCUT2D eigenvalue weighted by molar-refractivity contribution is 6.06. The number of hydrogen-bond acceptors (Lipinski definition) is 3. The standard InChI is InChI=1S/C83H55NO2/c1-81-48-17-16-33-78(81)82(59-22-4-2-5-23-59,60-24-6-3-7-25-60)75-52-63(42-46-71(75)81)84(61-40-34-53(35-41-61)57-39-47-77-69(50-57)68-30-13-15-32-76(68)85-77)62-26-18-21-56(49-62)58-36-43-67-66-29-12-14-31-70(66)83(74(67)51-58)72-44-37-54-19-8-10-27-64(54)79(72)86-80-65-28-11-9-20-55(65)38-45-73(80)83/h2-52,78H,1H3. The van der Waals surface area contributed by atoms with Crippen molar-refractivity contribution < 1.29 is 9.15 Å². The van der Waals surface area contributed by atoms with E-state index in [-0.39, 0.29) is 11.3 Å². The Morgan fingerprint density at radius 3 is 1.66 bits per heavy atom. The lowest BCUT2D eigenvalue weighted by atomic mass is 9.60. The number of allylic oxidation sites excluding steroid dienone is 4. The van der Waals surface area contributed by atoms with Gasteiger partial charge in [-0.2, -0.15) is 0 Å². The largest absolute Gasteiger partial charge is 0.456 e. The van der Waals surface area contributed by atoms with Crippen molar-refractivity contribution in [2.24, 2.45) is 5.92 Å². The van der Waals surface area contributed by atoms with Crippen LogP contribution in [0.1, 0.15) is 51.4 Å². The van der Waals surface area contributed by atoms with Crippen LogP contribution in [0, 0.1) is 5.92 Å². The lowest BCUT2D eigenvalue weighted by Crippen LogP contribution is -2.40. The summed E-state index contributed by atoms with van der Waals surface area (Å²) >= 11 is 0. The van der Waals surface area contributed by atoms with E-state index in [0.717, 1.165) is 105 Å². The number of fused-ring (bicyclic) bond motifs is 19. The fourth-order valence-corrected chi connectivity index (χ4v) is 16.0. The van der Waals surface area contributed by atoms with Crippen LogP contribution in [-0.4, -0.2) is 0 Å².